The van der Waals surface area contributed by atoms with Crippen LogP contribution in [0.25, 0.3) is 0 Å². The molecular weight excluding hydrogens is 222 g/mol. The second kappa shape index (κ2) is 4.96. The Hall–Kier alpha value is -0.220. The van der Waals surface area contributed by atoms with Crippen LogP contribution in [-0.4, -0.2) is 45.6 Å². The van der Waals surface area contributed by atoms with E-state index in [1.54, 1.807) is 0 Å². The standard InChI is InChI=1S/C12H21NO2S/c1-2-10-5-3-7-13(10)12(11(14)15)6-4-8-16-9-12/h10H,2-9H2,1H3,(H,14,15). The summed E-state index contributed by atoms with van der Waals surface area (Å²) in [4.78, 5) is 14.0. The zero-order valence-corrected chi connectivity index (χ0v) is 10.8. The van der Waals surface area contributed by atoms with Crippen LogP contribution in [0.5, 0.6) is 0 Å². The Morgan fingerprint density at radius 2 is 2.38 bits per heavy atom. The van der Waals surface area contributed by atoms with Crippen molar-refractivity contribution in [1.82, 2.24) is 4.90 Å². The molecule has 3 nitrogen and oxygen atoms in total. The highest BCUT2D eigenvalue weighted by molar-refractivity contribution is 7.99. The molecule has 16 heavy (non-hydrogen) atoms. The highest BCUT2D eigenvalue weighted by Crippen LogP contribution is 2.38. The van der Waals surface area contributed by atoms with E-state index >= 15 is 0 Å². The zero-order chi connectivity index (χ0) is 11.6. The van der Waals surface area contributed by atoms with Crippen molar-refractivity contribution in [3.63, 3.8) is 0 Å². The summed E-state index contributed by atoms with van der Waals surface area (Å²) >= 11 is 1.81. The van der Waals surface area contributed by atoms with Crippen molar-refractivity contribution in [1.29, 1.82) is 0 Å². The van der Waals surface area contributed by atoms with Gasteiger partial charge in [-0.1, -0.05) is 6.92 Å². The number of thioether (sulfide) groups is 1. The van der Waals surface area contributed by atoms with Gasteiger partial charge in [0.25, 0.3) is 0 Å². The Morgan fingerprint density at radius 1 is 1.56 bits per heavy atom. The lowest BCUT2D eigenvalue weighted by molar-refractivity contribution is -0.151. The number of nitrogens with zero attached hydrogens (tertiary/aromatic N) is 1. The Labute approximate surface area is 102 Å². The van der Waals surface area contributed by atoms with E-state index in [4.69, 9.17) is 0 Å². The van der Waals surface area contributed by atoms with Gasteiger partial charge in [-0.2, -0.15) is 11.8 Å². The van der Waals surface area contributed by atoms with E-state index in [-0.39, 0.29) is 0 Å². The first-order valence-corrected chi connectivity index (χ1v) is 7.44. The number of carboxylic acids is 1. The first kappa shape index (κ1) is 12.2. The fourth-order valence-electron chi connectivity index (χ4n) is 3.12. The highest BCUT2D eigenvalue weighted by atomic mass is 32.2. The molecule has 0 aromatic rings. The van der Waals surface area contributed by atoms with Crippen LogP contribution in [0.1, 0.15) is 39.0 Å². The van der Waals surface area contributed by atoms with Gasteiger partial charge in [0, 0.05) is 11.8 Å². The summed E-state index contributed by atoms with van der Waals surface area (Å²) in [6.07, 6.45) is 5.31. The maximum Gasteiger partial charge on any atom is 0.324 e. The number of hydrogen-bond donors (Lipinski definition) is 1. The van der Waals surface area contributed by atoms with Crippen molar-refractivity contribution in [3.05, 3.63) is 0 Å². The molecule has 0 aromatic carbocycles. The van der Waals surface area contributed by atoms with Crippen molar-refractivity contribution in [3.8, 4) is 0 Å². The summed E-state index contributed by atoms with van der Waals surface area (Å²) in [5, 5.41) is 9.61. The molecule has 0 aliphatic carbocycles. The van der Waals surface area contributed by atoms with Crippen LogP contribution < -0.4 is 0 Å². The molecule has 2 heterocycles. The van der Waals surface area contributed by atoms with Gasteiger partial charge in [-0.3, -0.25) is 9.69 Å². The lowest BCUT2D eigenvalue weighted by atomic mass is 9.92. The van der Waals surface area contributed by atoms with Crippen LogP contribution in [-0.2, 0) is 4.79 Å². The number of carboxylic acid groups (broad SMARTS) is 1. The van der Waals surface area contributed by atoms with Gasteiger partial charge in [-0.25, -0.2) is 0 Å². The van der Waals surface area contributed by atoms with Crippen LogP contribution in [0, 0.1) is 0 Å². The molecule has 2 unspecified atom stereocenters. The quantitative estimate of drug-likeness (QED) is 0.825. The van der Waals surface area contributed by atoms with Gasteiger partial charge in [0.1, 0.15) is 5.54 Å². The minimum Gasteiger partial charge on any atom is -0.480 e. The largest absolute Gasteiger partial charge is 0.480 e. The molecule has 2 saturated heterocycles. The third-order valence-corrected chi connectivity index (χ3v) is 5.28. The SMILES string of the molecule is CCC1CCCN1C1(C(=O)O)CCCSC1. The van der Waals surface area contributed by atoms with Crippen molar-refractivity contribution in [2.45, 2.75) is 50.6 Å². The van der Waals surface area contributed by atoms with Gasteiger partial charge in [-0.05, 0) is 44.4 Å². The van der Waals surface area contributed by atoms with Gasteiger partial charge < -0.3 is 5.11 Å². The second-order valence-corrected chi connectivity index (χ2v) is 6.00. The van der Waals surface area contributed by atoms with E-state index in [9.17, 15) is 9.90 Å². The van der Waals surface area contributed by atoms with Crippen molar-refractivity contribution < 1.29 is 9.90 Å². The minimum atomic E-state index is -0.597. The smallest absolute Gasteiger partial charge is 0.324 e. The molecule has 2 rings (SSSR count). The molecule has 2 aliphatic heterocycles. The van der Waals surface area contributed by atoms with Crippen LogP contribution in [0.4, 0.5) is 0 Å². The monoisotopic (exact) mass is 243 g/mol. The van der Waals surface area contributed by atoms with E-state index in [0.717, 1.165) is 43.7 Å². The number of aliphatic carboxylic acids is 1. The Bertz CT molecular complexity index is 264. The van der Waals surface area contributed by atoms with Gasteiger partial charge in [0.15, 0.2) is 0 Å². The predicted molar refractivity (Wildman–Crippen MR) is 66.9 cm³/mol. The average Bonchev–Trinajstić information content (AvgIpc) is 2.78. The fourth-order valence-corrected chi connectivity index (χ4v) is 4.39. The Balaban J connectivity index is 2.20. The predicted octanol–water partition coefficient (Wildman–Crippen LogP) is 2.21. The third-order valence-electron chi connectivity index (χ3n) is 4.02. The van der Waals surface area contributed by atoms with E-state index in [2.05, 4.69) is 11.8 Å². The van der Waals surface area contributed by atoms with Crippen LogP contribution in [0.3, 0.4) is 0 Å². The third kappa shape index (κ3) is 1.97. The molecule has 0 amide bonds. The van der Waals surface area contributed by atoms with Crippen LogP contribution in [0.2, 0.25) is 0 Å². The molecule has 2 aliphatic rings. The molecule has 0 spiro atoms. The molecule has 92 valence electrons. The van der Waals surface area contributed by atoms with E-state index in [1.807, 2.05) is 11.8 Å². The second-order valence-electron chi connectivity index (χ2n) is 4.89. The molecule has 4 heteroatoms. The van der Waals surface area contributed by atoms with Crippen LogP contribution >= 0.6 is 11.8 Å². The fraction of sp³-hybridized carbons (Fsp3) is 0.917. The molecule has 1 N–H and O–H groups in total. The molecule has 2 fully saturated rings. The summed E-state index contributed by atoms with van der Waals surface area (Å²) in [5.74, 6) is 1.30. The maximum absolute atomic E-state index is 11.7. The first-order valence-electron chi connectivity index (χ1n) is 6.28. The number of hydrogen-bond acceptors (Lipinski definition) is 3. The average molecular weight is 243 g/mol. The van der Waals surface area contributed by atoms with E-state index in [1.165, 1.54) is 6.42 Å². The molecule has 0 bridgehead atoms. The molecule has 0 saturated carbocycles. The van der Waals surface area contributed by atoms with Crippen molar-refractivity contribution >= 4 is 17.7 Å². The maximum atomic E-state index is 11.7. The number of likely N-dealkylation sites (tertiary alicyclic amines) is 1. The summed E-state index contributed by atoms with van der Waals surface area (Å²) in [7, 11) is 0. The lowest BCUT2D eigenvalue weighted by Gasteiger charge is -2.43. The highest BCUT2D eigenvalue weighted by Gasteiger charge is 2.48. The minimum absolute atomic E-state index is 0.495. The number of rotatable bonds is 3. The Morgan fingerprint density at radius 3 is 2.94 bits per heavy atom. The number of carbonyl (C=O) groups is 1. The van der Waals surface area contributed by atoms with E-state index in [0.29, 0.717) is 6.04 Å². The van der Waals surface area contributed by atoms with Gasteiger partial charge in [0.2, 0.25) is 0 Å². The Kier molecular flexibility index (Phi) is 3.80. The van der Waals surface area contributed by atoms with Gasteiger partial charge in [-0.15, -0.1) is 0 Å². The summed E-state index contributed by atoms with van der Waals surface area (Å²) in [6.45, 7) is 3.15. The first-order chi connectivity index (χ1) is 7.70. The van der Waals surface area contributed by atoms with Crippen LogP contribution in [0.15, 0.2) is 0 Å². The molecule has 0 radical (unpaired) electrons. The normalized spacial score (nSPS) is 36.4. The summed E-state index contributed by atoms with van der Waals surface area (Å²) < 4.78 is 0. The topological polar surface area (TPSA) is 40.5 Å². The zero-order valence-electron chi connectivity index (χ0n) is 9.95. The van der Waals surface area contributed by atoms with Crippen molar-refractivity contribution in [2.24, 2.45) is 0 Å². The van der Waals surface area contributed by atoms with Gasteiger partial charge in [0.05, 0.1) is 0 Å². The van der Waals surface area contributed by atoms with Crippen molar-refractivity contribution in [2.75, 3.05) is 18.1 Å². The molecule has 0 aromatic heterocycles. The molecular formula is C12H21NO2S. The molecule has 2 atom stereocenters. The van der Waals surface area contributed by atoms with Gasteiger partial charge >= 0.3 is 5.97 Å². The summed E-state index contributed by atoms with van der Waals surface area (Å²) in [6, 6.07) is 0.495. The van der Waals surface area contributed by atoms with E-state index < -0.39 is 11.5 Å². The lowest BCUT2D eigenvalue weighted by Crippen LogP contribution is -2.59. The summed E-state index contributed by atoms with van der Waals surface area (Å²) in [5.41, 5.74) is -0.555.